The van der Waals surface area contributed by atoms with E-state index < -0.39 is 0 Å². The van der Waals surface area contributed by atoms with Gasteiger partial charge in [-0.3, -0.25) is 9.78 Å². The Bertz CT molecular complexity index is 583. The molecule has 2 heterocycles. The molecule has 0 radical (unpaired) electrons. The number of aliphatic hydroxyl groups is 1. The van der Waals surface area contributed by atoms with Crippen LogP contribution in [0.2, 0.25) is 0 Å². The lowest BCUT2D eigenvalue weighted by atomic mass is 10.2. The number of hydrogen-bond acceptors (Lipinski definition) is 5. The molecule has 0 unspecified atom stereocenters. The highest BCUT2D eigenvalue weighted by molar-refractivity contribution is 7.21. The van der Waals surface area contributed by atoms with Gasteiger partial charge in [0.15, 0.2) is 0 Å². The van der Waals surface area contributed by atoms with E-state index in [9.17, 15) is 4.79 Å². The van der Waals surface area contributed by atoms with E-state index >= 15 is 0 Å². The molecule has 2 rings (SSSR count). The number of carbonyl (C=O) groups is 1. The zero-order valence-corrected chi connectivity index (χ0v) is 12.1. The smallest absolute Gasteiger partial charge is 0.263 e. The summed E-state index contributed by atoms with van der Waals surface area (Å²) in [5, 5.41) is 11.6. The number of nitrogens with zero attached hydrogens (tertiary/aromatic N) is 1. The second-order valence-electron chi connectivity index (χ2n) is 4.59. The average molecular weight is 293 g/mol. The molecule has 108 valence electrons. The van der Waals surface area contributed by atoms with Crippen molar-refractivity contribution in [2.45, 2.75) is 25.7 Å². The molecule has 1 amide bonds. The first kappa shape index (κ1) is 14.7. The predicted octanol–water partition coefficient (Wildman–Crippen LogP) is 2.16. The van der Waals surface area contributed by atoms with Crippen LogP contribution in [0.4, 0.5) is 5.69 Å². The Hall–Kier alpha value is -1.66. The molecule has 0 aliphatic heterocycles. The molecule has 0 aliphatic carbocycles. The fourth-order valence-electron chi connectivity index (χ4n) is 1.99. The number of unbranched alkanes of at least 4 members (excludes halogenated alkanes) is 3. The van der Waals surface area contributed by atoms with Crippen LogP contribution in [0.3, 0.4) is 0 Å². The number of rotatable bonds is 7. The topological polar surface area (TPSA) is 88.2 Å². The van der Waals surface area contributed by atoms with Crippen molar-refractivity contribution in [3.05, 3.63) is 23.2 Å². The Kier molecular flexibility index (Phi) is 5.31. The van der Waals surface area contributed by atoms with Crippen LogP contribution in [0.5, 0.6) is 0 Å². The van der Waals surface area contributed by atoms with Crippen LogP contribution in [-0.4, -0.2) is 29.1 Å². The van der Waals surface area contributed by atoms with Crippen LogP contribution in [0.1, 0.15) is 35.4 Å². The van der Waals surface area contributed by atoms with Crippen molar-refractivity contribution in [3.63, 3.8) is 0 Å². The van der Waals surface area contributed by atoms with Gasteiger partial charge >= 0.3 is 0 Å². The number of nitrogens with one attached hydrogen (secondary N) is 1. The average Bonchev–Trinajstić information content (AvgIpc) is 2.80. The van der Waals surface area contributed by atoms with Crippen molar-refractivity contribution in [2.75, 3.05) is 18.9 Å². The fraction of sp³-hybridized carbons (Fsp3) is 0.429. The first-order valence-corrected chi connectivity index (χ1v) is 7.57. The molecular formula is C14H19N3O2S. The summed E-state index contributed by atoms with van der Waals surface area (Å²) in [5.41, 5.74) is 7.13. The molecule has 0 saturated heterocycles. The van der Waals surface area contributed by atoms with E-state index in [-0.39, 0.29) is 12.5 Å². The quantitative estimate of drug-likeness (QED) is 0.683. The van der Waals surface area contributed by atoms with Gasteiger partial charge in [-0.2, -0.15) is 0 Å². The zero-order chi connectivity index (χ0) is 14.4. The number of thiophene rings is 1. The summed E-state index contributed by atoms with van der Waals surface area (Å²) in [5.74, 6) is -0.132. The molecule has 2 aromatic rings. The third-order valence-electron chi connectivity index (χ3n) is 3.06. The largest absolute Gasteiger partial charge is 0.396 e. The number of aliphatic hydroxyl groups excluding tert-OH is 1. The lowest BCUT2D eigenvalue weighted by molar-refractivity contribution is 0.0957. The maximum Gasteiger partial charge on any atom is 0.263 e. The lowest BCUT2D eigenvalue weighted by Crippen LogP contribution is -2.24. The Morgan fingerprint density at radius 1 is 1.35 bits per heavy atom. The second kappa shape index (κ2) is 7.21. The minimum Gasteiger partial charge on any atom is -0.396 e. The Balaban J connectivity index is 1.89. The number of anilines is 1. The highest BCUT2D eigenvalue weighted by Crippen LogP contribution is 2.31. The number of aromatic nitrogens is 1. The van der Waals surface area contributed by atoms with Gasteiger partial charge in [-0.15, -0.1) is 11.3 Å². The standard InChI is InChI=1S/C14H19N3O2S/c15-11-12-10(6-5-8-16-12)20-13(11)14(19)17-7-3-1-2-4-9-18/h5-6,8,18H,1-4,7,9,15H2,(H,17,19). The maximum absolute atomic E-state index is 12.1. The third-order valence-corrected chi connectivity index (χ3v) is 4.22. The SMILES string of the molecule is Nc1c(C(=O)NCCCCCCO)sc2cccnc12. The zero-order valence-electron chi connectivity index (χ0n) is 11.3. The maximum atomic E-state index is 12.1. The first-order chi connectivity index (χ1) is 9.74. The van der Waals surface area contributed by atoms with Crippen molar-refractivity contribution < 1.29 is 9.90 Å². The van der Waals surface area contributed by atoms with Crippen molar-refractivity contribution >= 4 is 33.1 Å². The summed E-state index contributed by atoms with van der Waals surface area (Å²) >= 11 is 1.37. The van der Waals surface area contributed by atoms with Crippen molar-refractivity contribution in [3.8, 4) is 0 Å². The Morgan fingerprint density at radius 2 is 2.15 bits per heavy atom. The Labute approximate surface area is 121 Å². The summed E-state index contributed by atoms with van der Waals surface area (Å²) in [6.07, 6.45) is 5.40. The minimum atomic E-state index is -0.132. The number of nitrogens with two attached hydrogens (primary N) is 1. The highest BCUT2D eigenvalue weighted by Gasteiger charge is 2.16. The summed E-state index contributed by atoms with van der Waals surface area (Å²) in [4.78, 5) is 16.8. The molecule has 0 fully saturated rings. The highest BCUT2D eigenvalue weighted by atomic mass is 32.1. The molecule has 20 heavy (non-hydrogen) atoms. The number of hydrogen-bond donors (Lipinski definition) is 3. The van der Waals surface area contributed by atoms with E-state index in [0.29, 0.717) is 22.6 Å². The number of carbonyl (C=O) groups excluding carboxylic acids is 1. The molecule has 0 spiro atoms. The molecule has 6 heteroatoms. The van der Waals surface area contributed by atoms with Gasteiger partial charge in [-0.05, 0) is 25.0 Å². The molecule has 0 aliphatic rings. The van der Waals surface area contributed by atoms with Crippen LogP contribution in [0, 0.1) is 0 Å². The van der Waals surface area contributed by atoms with E-state index in [1.165, 1.54) is 11.3 Å². The van der Waals surface area contributed by atoms with E-state index in [0.717, 1.165) is 30.4 Å². The normalized spacial score (nSPS) is 10.8. The number of amides is 1. The summed E-state index contributed by atoms with van der Waals surface area (Å²) in [7, 11) is 0. The van der Waals surface area contributed by atoms with Gasteiger partial charge in [-0.25, -0.2) is 0 Å². The van der Waals surface area contributed by atoms with Crippen molar-refractivity contribution in [1.82, 2.24) is 10.3 Å². The molecule has 0 aromatic carbocycles. The number of nitrogen functional groups attached to an aromatic ring is 1. The van der Waals surface area contributed by atoms with E-state index in [1.807, 2.05) is 12.1 Å². The number of fused-ring (bicyclic) bond motifs is 1. The van der Waals surface area contributed by atoms with Crippen molar-refractivity contribution in [1.29, 1.82) is 0 Å². The molecule has 0 atom stereocenters. The van der Waals surface area contributed by atoms with E-state index in [2.05, 4.69) is 10.3 Å². The monoisotopic (exact) mass is 293 g/mol. The Morgan fingerprint density at radius 3 is 2.90 bits per heavy atom. The van der Waals surface area contributed by atoms with Crippen LogP contribution >= 0.6 is 11.3 Å². The van der Waals surface area contributed by atoms with Gasteiger partial charge in [0, 0.05) is 19.3 Å². The molecule has 4 N–H and O–H groups in total. The van der Waals surface area contributed by atoms with Gasteiger partial charge in [-0.1, -0.05) is 12.8 Å². The van der Waals surface area contributed by atoms with Gasteiger partial charge in [0.25, 0.3) is 5.91 Å². The molecular weight excluding hydrogens is 274 g/mol. The van der Waals surface area contributed by atoms with Gasteiger partial charge in [0.05, 0.1) is 10.4 Å². The fourth-order valence-corrected chi connectivity index (χ4v) is 2.99. The molecule has 0 bridgehead atoms. The second-order valence-corrected chi connectivity index (χ2v) is 5.64. The van der Waals surface area contributed by atoms with Gasteiger partial charge in [0.1, 0.15) is 10.4 Å². The van der Waals surface area contributed by atoms with E-state index in [1.54, 1.807) is 6.20 Å². The van der Waals surface area contributed by atoms with Gasteiger partial charge < -0.3 is 16.2 Å². The van der Waals surface area contributed by atoms with Crippen molar-refractivity contribution in [2.24, 2.45) is 0 Å². The molecule has 5 nitrogen and oxygen atoms in total. The molecule has 0 saturated carbocycles. The van der Waals surface area contributed by atoms with Crippen LogP contribution in [-0.2, 0) is 0 Å². The predicted molar refractivity (Wildman–Crippen MR) is 81.9 cm³/mol. The summed E-state index contributed by atoms with van der Waals surface area (Å²) in [6.45, 7) is 0.864. The summed E-state index contributed by atoms with van der Waals surface area (Å²) in [6, 6.07) is 3.75. The van der Waals surface area contributed by atoms with Gasteiger partial charge in [0.2, 0.25) is 0 Å². The first-order valence-electron chi connectivity index (χ1n) is 6.76. The molecule has 2 aromatic heterocycles. The third kappa shape index (κ3) is 3.46. The van der Waals surface area contributed by atoms with Crippen LogP contribution in [0.25, 0.3) is 10.2 Å². The van der Waals surface area contributed by atoms with Crippen LogP contribution in [0.15, 0.2) is 18.3 Å². The number of pyridine rings is 1. The van der Waals surface area contributed by atoms with Crippen LogP contribution < -0.4 is 11.1 Å². The van der Waals surface area contributed by atoms with E-state index in [4.69, 9.17) is 10.8 Å². The lowest BCUT2D eigenvalue weighted by Gasteiger charge is -2.04. The summed E-state index contributed by atoms with van der Waals surface area (Å²) < 4.78 is 0.929. The minimum absolute atomic E-state index is 0.132.